The van der Waals surface area contributed by atoms with Gasteiger partial charge in [-0.25, -0.2) is 9.97 Å². The normalized spacial score (nSPS) is 11.6. The Kier molecular flexibility index (Phi) is 5.30. The third-order valence-electron chi connectivity index (χ3n) is 3.37. The van der Waals surface area contributed by atoms with Crippen LogP contribution in [0.2, 0.25) is 0 Å². The van der Waals surface area contributed by atoms with Gasteiger partial charge in [-0.3, -0.25) is 4.79 Å². The highest BCUT2D eigenvalue weighted by atomic mass is 16.5. The van der Waals surface area contributed by atoms with E-state index in [1.54, 1.807) is 19.3 Å². The number of carbonyl (C=O) groups excluding carboxylic acids is 1. The van der Waals surface area contributed by atoms with Crippen molar-refractivity contribution in [2.24, 2.45) is 5.73 Å². The Morgan fingerprint density at radius 2 is 1.83 bits per heavy atom. The Hall–Kier alpha value is -2.89. The predicted molar refractivity (Wildman–Crippen MR) is 90.1 cm³/mol. The second kappa shape index (κ2) is 7.40. The second-order valence-corrected chi connectivity index (χ2v) is 5.04. The Morgan fingerprint density at radius 3 is 2.39 bits per heavy atom. The topological polar surface area (TPSA) is 90.1 Å². The predicted octanol–water partition coefficient (Wildman–Crippen LogP) is 2.39. The standard InChI is InChI=1S/C17H20N4O2/c1-11(18)15(12(2)22)10-23-17-16(20-8-9-21-17)13-4-6-14(19-3)7-5-13/h4-9,19H,10,18H2,1-3H3. The Labute approximate surface area is 135 Å². The van der Waals surface area contributed by atoms with Crippen LogP contribution in [-0.2, 0) is 4.79 Å². The summed E-state index contributed by atoms with van der Waals surface area (Å²) in [5.74, 6) is 0.249. The van der Waals surface area contributed by atoms with Gasteiger partial charge in [0.05, 0.1) is 5.57 Å². The molecule has 0 amide bonds. The van der Waals surface area contributed by atoms with E-state index in [0.29, 0.717) is 22.8 Å². The number of hydrogen-bond donors (Lipinski definition) is 2. The van der Waals surface area contributed by atoms with E-state index in [-0.39, 0.29) is 12.4 Å². The first-order chi connectivity index (χ1) is 11.0. The molecule has 1 aromatic heterocycles. The van der Waals surface area contributed by atoms with Crippen LogP contribution in [0, 0.1) is 0 Å². The van der Waals surface area contributed by atoms with E-state index in [4.69, 9.17) is 10.5 Å². The number of allylic oxidation sites excluding steroid dienone is 1. The molecule has 1 aromatic carbocycles. The molecule has 0 unspecified atom stereocenters. The smallest absolute Gasteiger partial charge is 0.240 e. The minimum absolute atomic E-state index is 0.0674. The van der Waals surface area contributed by atoms with Crippen LogP contribution >= 0.6 is 0 Å². The van der Waals surface area contributed by atoms with E-state index >= 15 is 0 Å². The number of nitrogens with two attached hydrogens (primary N) is 1. The zero-order chi connectivity index (χ0) is 16.8. The molecule has 0 saturated carbocycles. The van der Waals surface area contributed by atoms with Crippen molar-refractivity contribution >= 4 is 11.5 Å². The van der Waals surface area contributed by atoms with Crippen LogP contribution in [0.5, 0.6) is 5.88 Å². The fourth-order valence-corrected chi connectivity index (χ4v) is 2.06. The van der Waals surface area contributed by atoms with Crippen LogP contribution in [0.1, 0.15) is 13.8 Å². The third kappa shape index (κ3) is 4.06. The fraction of sp³-hybridized carbons (Fsp3) is 0.235. The van der Waals surface area contributed by atoms with Gasteiger partial charge in [0.2, 0.25) is 5.88 Å². The van der Waals surface area contributed by atoms with E-state index in [0.717, 1.165) is 11.3 Å². The maximum absolute atomic E-state index is 11.6. The lowest BCUT2D eigenvalue weighted by Crippen LogP contribution is -2.14. The molecule has 0 aliphatic carbocycles. The molecule has 0 saturated heterocycles. The van der Waals surface area contributed by atoms with Crippen molar-refractivity contribution in [3.05, 3.63) is 47.9 Å². The summed E-state index contributed by atoms with van der Waals surface area (Å²) in [4.78, 5) is 20.1. The largest absolute Gasteiger partial charge is 0.471 e. The molecule has 2 aromatic rings. The molecule has 3 N–H and O–H groups in total. The summed E-state index contributed by atoms with van der Waals surface area (Å²) < 4.78 is 5.68. The van der Waals surface area contributed by atoms with Gasteiger partial charge in [-0.15, -0.1) is 0 Å². The quantitative estimate of drug-likeness (QED) is 0.796. The SMILES string of the molecule is CNc1ccc(-c2nccnc2OCC(C(C)=O)=C(C)N)cc1. The number of anilines is 1. The van der Waals surface area contributed by atoms with E-state index < -0.39 is 0 Å². The number of ether oxygens (including phenoxy) is 1. The van der Waals surface area contributed by atoms with Crippen LogP contribution in [0.4, 0.5) is 5.69 Å². The lowest BCUT2D eigenvalue weighted by atomic mass is 10.1. The van der Waals surface area contributed by atoms with Crippen LogP contribution in [0.15, 0.2) is 47.9 Å². The lowest BCUT2D eigenvalue weighted by molar-refractivity contribution is -0.114. The highest BCUT2D eigenvalue weighted by Gasteiger charge is 2.13. The molecular weight excluding hydrogens is 292 g/mol. The molecule has 0 atom stereocenters. The summed E-state index contributed by atoms with van der Waals surface area (Å²) in [6, 6.07) is 7.74. The number of benzene rings is 1. The van der Waals surface area contributed by atoms with Crippen molar-refractivity contribution in [2.75, 3.05) is 19.0 Å². The molecule has 0 bridgehead atoms. The summed E-state index contributed by atoms with van der Waals surface area (Å²) in [6.07, 6.45) is 3.15. The highest BCUT2D eigenvalue weighted by molar-refractivity contribution is 5.94. The van der Waals surface area contributed by atoms with Crippen LogP contribution in [0.25, 0.3) is 11.3 Å². The van der Waals surface area contributed by atoms with Crippen molar-refractivity contribution in [1.82, 2.24) is 9.97 Å². The zero-order valence-corrected chi connectivity index (χ0v) is 13.5. The average molecular weight is 312 g/mol. The number of rotatable bonds is 6. The maximum Gasteiger partial charge on any atom is 0.240 e. The Balaban J connectivity index is 2.27. The minimum atomic E-state index is -0.117. The van der Waals surface area contributed by atoms with Gasteiger partial charge in [-0.05, 0) is 26.0 Å². The molecule has 1 heterocycles. The van der Waals surface area contributed by atoms with Crippen LogP contribution in [0.3, 0.4) is 0 Å². The van der Waals surface area contributed by atoms with Crippen LogP contribution in [-0.4, -0.2) is 29.4 Å². The van der Waals surface area contributed by atoms with Gasteiger partial charge in [-0.2, -0.15) is 0 Å². The van der Waals surface area contributed by atoms with Gasteiger partial charge >= 0.3 is 0 Å². The van der Waals surface area contributed by atoms with E-state index in [2.05, 4.69) is 15.3 Å². The van der Waals surface area contributed by atoms with Crippen molar-refractivity contribution < 1.29 is 9.53 Å². The van der Waals surface area contributed by atoms with Gasteiger partial charge in [0.1, 0.15) is 12.3 Å². The number of ketones is 1. The van der Waals surface area contributed by atoms with Crippen molar-refractivity contribution in [2.45, 2.75) is 13.8 Å². The number of carbonyl (C=O) groups is 1. The van der Waals surface area contributed by atoms with E-state index in [9.17, 15) is 4.79 Å². The summed E-state index contributed by atoms with van der Waals surface area (Å²) in [5, 5.41) is 3.06. The monoisotopic (exact) mass is 312 g/mol. The molecule has 0 spiro atoms. The van der Waals surface area contributed by atoms with E-state index in [1.165, 1.54) is 6.92 Å². The Morgan fingerprint density at radius 1 is 1.17 bits per heavy atom. The van der Waals surface area contributed by atoms with Crippen LogP contribution < -0.4 is 15.8 Å². The number of nitrogens with one attached hydrogen (secondary N) is 1. The summed E-state index contributed by atoms with van der Waals surface area (Å²) in [5.41, 5.74) is 9.10. The van der Waals surface area contributed by atoms with Crippen molar-refractivity contribution in [1.29, 1.82) is 0 Å². The minimum Gasteiger partial charge on any atom is -0.471 e. The molecule has 6 heteroatoms. The van der Waals surface area contributed by atoms with Gasteiger partial charge in [-0.1, -0.05) is 12.1 Å². The van der Waals surface area contributed by atoms with Gasteiger partial charge in [0.15, 0.2) is 5.78 Å². The number of aromatic nitrogens is 2. The zero-order valence-electron chi connectivity index (χ0n) is 13.5. The number of hydrogen-bond acceptors (Lipinski definition) is 6. The second-order valence-electron chi connectivity index (χ2n) is 5.04. The molecule has 0 aliphatic heterocycles. The number of nitrogens with zero attached hydrogens (tertiary/aromatic N) is 2. The summed E-state index contributed by atoms with van der Waals surface area (Å²) in [7, 11) is 1.86. The van der Waals surface area contributed by atoms with E-state index in [1.807, 2.05) is 31.3 Å². The molecule has 0 radical (unpaired) electrons. The molecule has 2 rings (SSSR count). The third-order valence-corrected chi connectivity index (χ3v) is 3.37. The van der Waals surface area contributed by atoms with Gasteiger partial charge < -0.3 is 15.8 Å². The molecule has 23 heavy (non-hydrogen) atoms. The fourth-order valence-electron chi connectivity index (χ4n) is 2.06. The summed E-state index contributed by atoms with van der Waals surface area (Å²) >= 11 is 0. The first-order valence-electron chi connectivity index (χ1n) is 7.21. The first-order valence-corrected chi connectivity index (χ1v) is 7.21. The lowest BCUT2D eigenvalue weighted by Gasteiger charge is -2.11. The summed E-state index contributed by atoms with van der Waals surface area (Å²) in [6.45, 7) is 3.20. The molecular formula is C17H20N4O2. The van der Waals surface area contributed by atoms with Crippen molar-refractivity contribution in [3.63, 3.8) is 0 Å². The highest BCUT2D eigenvalue weighted by Crippen LogP contribution is 2.26. The van der Waals surface area contributed by atoms with Crippen molar-refractivity contribution in [3.8, 4) is 17.1 Å². The molecule has 6 nitrogen and oxygen atoms in total. The van der Waals surface area contributed by atoms with Gasteiger partial charge in [0.25, 0.3) is 0 Å². The van der Waals surface area contributed by atoms with Gasteiger partial charge in [0, 0.05) is 36.4 Å². The molecule has 0 fully saturated rings. The molecule has 0 aliphatic rings. The number of Topliss-reactive ketones (excluding diaryl/α,β-unsaturated/α-hetero) is 1. The average Bonchev–Trinajstić information content (AvgIpc) is 2.55. The molecule has 120 valence electrons. The Bertz CT molecular complexity index is 720. The first kappa shape index (κ1) is 16.5. The maximum atomic E-state index is 11.6.